The molecule has 0 saturated heterocycles. The van der Waals surface area contributed by atoms with Crippen molar-refractivity contribution in [2.24, 2.45) is 5.41 Å². The van der Waals surface area contributed by atoms with E-state index in [0.717, 1.165) is 12.8 Å². The number of hydrogen-bond acceptors (Lipinski definition) is 4. The Morgan fingerprint density at radius 1 is 1.47 bits per heavy atom. The maximum atomic E-state index is 11.3. The third-order valence-corrected chi connectivity index (χ3v) is 3.34. The average molecular weight is 239 g/mol. The van der Waals surface area contributed by atoms with Gasteiger partial charge in [0.1, 0.15) is 11.6 Å². The van der Waals surface area contributed by atoms with Crippen molar-refractivity contribution in [1.82, 2.24) is 9.97 Å². The first-order valence-electron chi connectivity index (χ1n) is 5.98. The minimum Gasteiger partial charge on any atom is -0.396 e. The van der Waals surface area contributed by atoms with Crippen LogP contribution in [0.5, 0.6) is 0 Å². The summed E-state index contributed by atoms with van der Waals surface area (Å²) in [7, 11) is 0. The SMILES string of the molecule is CCC(CC)(CO)CNc1cc(=O)[nH]c(C)n1. The molecular formula is C12H21N3O2. The molecule has 96 valence electrons. The zero-order chi connectivity index (χ0) is 12.9. The number of anilines is 1. The molecule has 5 heteroatoms. The molecule has 1 aromatic heterocycles. The first kappa shape index (κ1) is 13.7. The third kappa shape index (κ3) is 3.56. The van der Waals surface area contributed by atoms with Crippen LogP contribution >= 0.6 is 0 Å². The number of nitrogens with one attached hydrogen (secondary N) is 2. The van der Waals surface area contributed by atoms with E-state index in [1.807, 2.05) is 0 Å². The summed E-state index contributed by atoms with van der Waals surface area (Å²) in [5.41, 5.74) is -0.305. The molecule has 0 spiro atoms. The lowest BCUT2D eigenvalue weighted by molar-refractivity contribution is 0.127. The van der Waals surface area contributed by atoms with Crippen molar-refractivity contribution in [3.63, 3.8) is 0 Å². The Labute approximate surface area is 101 Å². The fourth-order valence-corrected chi connectivity index (χ4v) is 1.73. The van der Waals surface area contributed by atoms with Crippen molar-refractivity contribution in [3.8, 4) is 0 Å². The van der Waals surface area contributed by atoms with Gasteiger partial charge < -0.3 is 15.4 Å². The van der Waals surface area contributed by atoms with Crippen LogP contribution in [-0.2, 0) is 0 Å². The summed E-state index contributed by atoms with van der Waals surface area (Å²) in [5.74, 6) is 1.15. The highest BCUT2D eigenvalue weighted by atomic mass is 16.3. The number of aliphatic hydroxyl groups excluding tert-OH is 1. The lowest BCUT2D eigenvalue weighted by atomic mass is 9.83. The number of aromatic amines is 1. The van der Waals surface area contributed by atoms with Crippen molar-refractivity contribution < 1.29 is 5.11 Å². The molecular weight excluding hydrogens is 218 g/mol. The van der Waals surface area contributed by atoms with Gasteiger partial charge in [-0.25, -0.2) is 4.98 Å². The molecule has 1 aromatic rings. The molecule has 17 heavy (non-hydrogen) atoms. The first-order chi connectivity index (χ1) is 8.05. The van der Waals surface area contributed by atoms with Crippen LogP contribution in [0.3, 0.4) is 0 Å². The number of H-pyrrole nitrogens is 1. The Morgan fingerprint density at radius 2 is 2.12 bits per heavy atom. The predicted molar refractivity (Wildman–Crippen MR) is 68.2 cm³/mol. The topological polar surface area (TPSA) is 78.0 Å². The highest BCUT2D eigenvalue weighted by Gasteiger charge is 2.25. The largest absolute Gasteiger partial charge is 0.396 e. The van der Waals surface area contributed by atoms with Gasteiger partial charge in [0.2, 0.25) is 0 Å². The Morgan fingerprint density at radius 3 is 2.59 bits per heavy atom. The van der Waals surface area contributed by atoms with Gasteiger partial charge in [-0.15, -0.1) is 0 Å². The quantitative estimate of drug-likeness (QED) is 0.699. The highest BCUT2D eigenvalue weighted by Crippen LogP contribution is 2.25. The average Bonchev–Trinajstić information content (AvgIpc) is 2.30. The number of aliphatic hydroxyl groups is 1. The van der Waals surface area contributed by atoms with E-state index in [2.05, 4.69) is 29.1 Å². The lowest BCUT2D eigenvalue weighted by Gasteiger charge is -2.29. The molecule has 0 aromatic carbocycles. The van der Waals surface area contributed by atoms with Gasteiger partial charge in [0.05, 0.1) is 6.61 Å². The lowest BCUT2D eigenvalue weighted by Crippen LogP contribution is -2.32. The molecule has 0 bridgehead atoms. The summed E-state index contributed by atoms with van der Waals surface area (Å²) in [6.45, 7) is 6.60. The van der Waals surface area contributed by atoms with E-state index in [4.69, 9.17) is 0 Å². The van der Waals surface area contributed by atoms with Gasteiger partial charge in [-0.05, 0) is 19.8 Å². The summed E-state index contributed by atoms with van der Waals surface area (Å²) in [4.78, 5) is 18.0. The van der Waals surface area contributed by atoms with E-state index in [-0.39, 0.29) is 17.6 Å². The Bertz CT molecular complexity index is 402. The standard InChI is InChI=1S/C12H21N3O2/c1-4-12(5-2,8-16)7-13-10-6-11(17)15-9(3)14-10/h6,16H,4-5,7-8H2,1-3H3,(H2,13,14,15,17). The van der Waals surface area contributed by atoms with Gasteiger partial charge in [-0.2, -0.15) is 0 Å². The van der Waals surface area contributed by atoms with Crippen molar-refractivity contribution in [1.29, 1.82) is 0 Å². The second kappa shape index (κ2) is 5.82. The van der Waals surface area contributed by atoms with Crippen LogP contribution < -0.4 is 10.9 Å². The minimum absolute atomic E-state index is 0.134. The molecule has 0 radical (unpaired) electrons. The van der Waals surface area contributed by atoms with Crippen LogP contribution in [0.4, 0.5) is 5.82 Å². The molecule has 1 heterocycles. The third-order valence-electron chi connectivity index (χ3n) is 3.34. The number of rotatable bonds is 6. The molecule has 0 aliphatic heterocycles. The Kier molecular flexibility index (Phi) is 4.69. The first-order valence-corrected chi connectivity index (χ1v) is 5.98. The van der Waals surface area contributed by atoms with E-state index in [0.29, 0.717) is 18.2 Å². The normalized spacial score (nSPS) is 11.5. The summed E-state index contributed by atoms with van der Waals surface area (Å²) in [6.07, 6.45) is 1.77. The molecule has 0 atom stereocenters. The van der Waals surface area contributed by atoms with E-state index >= 15 is 0 Å². The van der Waals surface area contributed by atoms with Crippen molar-refractivity contribution in [3.05, 3.63) is 22.2 Å². The zero-order valence-corrected chi connectivity index (χ0v) is 10.7. The fourth-order valence-electron chi connectivity index (χ4n) is 1.73. The number of aromatic nitrogens is 2. The minimum atomic E-state index is -0.164. The van der Waals surface area contributed by atoms with Crippen LogP contribution in [0.25, 0.3) is 0 Å². The fraction of sp³-hybridized carbons (Fsp3) is 0.667. The van der Waals surface area contributed by atoms with Gasteiger partial charge in [-0.1, -0.05) is 13.8 Å². The second-order valence-corrected chi connectivity index (χ2v) is 4.43. The van der Waals surface area contributed by atoms with Crippen LogP contribution in [0.1, 0.15) is 32.5 Å². The highest BCUT2D eigenvalue weighted by molar-refractivity contribution is 5.33. The smallest absolute Gasteiger partial charge is 0.252 e. The number of hydrogen-bond donors (Lipinski definition) is 3. The molecule has 3 N–H and O–H groups in total. The monoisotopic (exact) mass is 239 g/mol. The van der Waals surface area contributed by atoms with E-state index < -0.39 is 0 Å². The van der Waals surface area contributed by atoms with E-state index in [9.17, 15) is 9.90 Å². The summed E-state index contributed by atoms with van der Waals surface area (Å²) in [6, 6.07) is 1.43. The Balaban J connectivity index is 2.75. The summed E-state index contributed by atoms with van der Waals surface area (Å²) in [5, 5.41) is 12.6. The summed E-state index contributed by atoms with van der Waals surface area (Å²) >= 11 is 0. The van der Waals surface area contributed by atoms with Crippen LogP contribution in [0.15, 0.2) is 10.9 Å². The van der Waals surface area contributed by atoms with E-state index in [1.165, 1.54) is 6.07 Å². The van der Waals surface area contributed by atoms with Crippen LogP contribution in [0.2, 0.25) is 0 Å². The number of nitrogens with zero attached hydrogens (tertiary/aromatic N) is 1. The van der Waals surface area contributed by atoms with Gasteiger partial charge >= 0.3 is 0 Å². The van der Waals surface area contributed by atoms with E-state index in [1.54, 1.807) is 6.92 Å². The molecule has 5 nitrogen and oxygen atoms in total. The van der Waals surface area contributed by atoms with Gasteiger partial charge in [0, 0.05) is 18.0 Å². The number of aryl methyl sites for hydroxylation is 1. The van der Waals surface area contributed by atoms with Gasteiger partial charge in [0.25, 0.3) is 5.56 Å². The van der Waals surface area contributed by atoms with Gasteiger partial charge in [-0.3, -0.25) is 4.79 Å². The van der Waals surface area contributed by atoms with Crippen LogP contribution in [-0.4, -0.2) is 28.2 Å². The molecule has 0 unspecified atom stereocenters. The molecule has 0 aliphatic rings. The maximum absolute atomic E-state index is 11.3. The molecule has 0 fully saturated rings. The van der Waals surface area contributed by atoms with Crippen LogP contribution in [0, 0.1) is 12.3 Å². The van der Waals surface area contributed by atoms with Crippen molar-refractivity contribution >= 4 is 5.82 Å². The Hall–Kier alpha value is -1.36. The summed E-state index contributed by atoms with van der Waals surface area (Å²) < 4.78 is 0. The predicted octanol–water partition coefficient (Wildman–Crippen LogP) is 1.29. The molecule has 1 rings (SSSR count). The zero-order valence-electron chi connectivity index (χ0n) is 10.7. The van der Waals surface area contributed by atoms with Crippen molar-refractivity contribution in [2.75, 3.05) is 18.5 Å². The molecule has 0 amide bonds. The second-order valence-electron chi connectivity index (χ2n) is 4.43. The molecule has 0 aliphatic carbocycles. The molecule has 0 saturated carbocycles. The van der Waals surface area contributed by atoms with Gasteiger partial charge in [0.15, 0.2) is 0 Å². The van der Waals surface area contributed by atoms with Crippen molar-refractivity contribution in [2.45, 2.75) is 33.6 Å². The maximum Gasteiger partial charge on any atom is 0.252 e.